The zero-order valence-corrected chi connectivity index (χ0v) is 19.2. The van der Waals surface area contributed by atoms with Gasteiger partial charge in [-0.25, -0.2) is 4.39 Å². The molecule has 0 aliphatic carbocycles. The molecule has 9 heteroatoms. The number of carbonyl (C=O) groups excluding carboxylic acids is 4. The lowest BCUT2D eigenvalue weighted by Crippen LogP contribution is -2.40. The molecule has 0 bridgehead atoms. The molecular weight excluding hydrogens is 457 g/mol. The molecule has 2 aliphatic heterocycles. The number of hydrogen-bond acceptors (Lipinski definition) is 5. The third-order valence-corrected chi connectivity index (χ3v) is 6.71. The van der Waals surface area contributed by atoms with Crippen molar-refractivity contribution in [2.24, 2.45) is 5.92 Å². The van der Waals surface area contributed by atoms with E-state index >= 15 is 0 Å². The number of hydrogen-bond donors (Lipinski definition) is 1. The van der Waals surface area contributed by atoms with Crippen LogP contribution in [0, 0.1) is 11.7 Å². The molecule has 4 amide bonds. The minimum Gasteiger partial charge on any atom is -0.354 e. The highest BCUT2D eigenvalue weighted by Gasteiger charge is 2.36. The lowest BCUT2D eigenvalue weighted by Gasteiger charge is -2.17. The van der Waals surface area contributed by atoms with Crippen molar-refractivity contribution in [2.75, 3.05) is 26.2 Å². The molecular formula is C25H24FN3O4S. The van der Waals surface area contributed by atoms with Crippen LogP contribution in [0.2, 0.25) is 0 Å². The molecule has 4 rings (SSSR count). The minimum atomic E-state index is -0.518. The molecule has 176 valence electrons. The van der Waals surface area contributed by atoms with Crippen LogP contribution in [-0.2, 0) is 20.8 Å². The molecule has 2 aliphatic rings. The molecule has 2 saturated heterocycles. The summed E-state index contributed by atoms with van der Waals surface area (Å²) in [7, 11) is 0. The summed E-state index contributed by atoms with van der Waals surface area (Å²) in [5.41, 5.74) is 1.36. The zero-order chi connectivity index (χ0) is 24.1. The Kier molecular flexibility index (Phi) is 7.42. The molecule has 0 radical (unpaired) electrons. The van der Waals surface area contributed by atoms with Crippen LogP contribution in [0.3, 0.4) is 0 Å². The molecule has 0 saturated carbocycles. The summed E-state index contributed by atoms with van der Waals surface area (Å²) in [4.78, 5) is 52.5. The van der Waals surface area contributed by atoms with Gasteiger partial charge in [-0.3, -0.25) is 24.1 Å². The maximum atomic E-state index is 13.9. The van der Waals surface area contributed by atoms with Gasteiger partial charge in [-0.15, -0.1) is 0 Å². The maximum absolute atomic E-state index is 13.9. The van der Waals surface area contributed by atoms with E-state index in [1.165, 1.54) is 18.2 Å². The largest absolute Gasteiger partial charge is 0.354 e. The predicted octanol–water partition coefficient (Wildman–Crippen LogP) is 3.07. The molecule has 0 spiro atoms. The first kappa shape index (κ1) is 23.7. The van der Waals surface area contributed by atoms with Crippen LogP contribution in [0.5, 0.6) is 0 Å². The molecule has 2 aromatic carbocycles. The summed E-state index contributed by atoms with van der Waals surface area (Å²) in [6, 6.07) is 15.8. The highest BCUT2D eigenvalue weighted by atomic mass is 32.2. The fourth-order valence-corrected chi connectivity index (χ4v) is 4.79. The third-order valence-electron chi connectivity index (χ3n) is 5.80. The topological polar surface area (TPSA) is 86.8 Å². The van der Waals surface area contributed by atoms with Gasteiger partial charge in [0.2, 0.25) is 11.8 Å². The number of carbonyl (C=O) groups is 4. The van der Waals surface area contributed by atoms with Gasteiger partial charge in [-0.1, -0.05) is 48.5 Å². The lowest BCUT2D eigenvalue weighted by atomic mass is 10.1. The van der Waals surface area contributed by atoms with Crippen molar-refractivity contribution in [1.29, 1.82) is 0 Å². The Morgan fingerprint density at radius 3 is 2.56 bits per heavy atom. The molecule has 2 aromatic rings. The molecule has 1 atom stereocenters. The molecule has 1 N–H and O–H groups in total. The first-order valence-corrected chi connectivity index (χ1v) is 11.8. The van der Waals surface area contributed by atoms with Gasteiger partial charge in [0, 0.05) is 38.2 Å². The number of benzene rings is 2. The summed E-state index contributed by atoms with van der Waals surface area (Å²) < 4.78 is 13.9. The SMILES string of the molecule is O=C(NCCN1C(=O)S/C(=C\c2ccccc2F)C1=O)C1CC(=O)N(CCc2ccccc2)C1. The van der Waals surface area contributed by atoms with Crippen LogP contribution < -0.4 is 5.32 Å². The van der Waals surface area contributed by atoms with E-state index in [0.717, 1.165) is 28.6 Å². The zero-order valence-electron chi connectivity index (χ0n) is 18.4. The Hall–Kier alpha value is -3.46. The quantitative estimate of drug-likeness (QED) is 0.586. The fourth-order valence-electron chi connectivity index (χ4n) is 3.93. The Bertz CT molecular complexity index is 1140. The van der Waals surface area contributed by atoms with Crippen molar-refractivity contribution in [3.8, 4) is 0 Å². The Labute approximate surface area is 201 Å². The second-order valence-corrected chi connectivity index (χ2v) is 9.12. The fraction of sp³-hybridized carbons (Fsp3) is 0.280. The van der Waals surface area contributed by atoms with Crippen LogP contribution in [0.4, 0.5) is 9.18 Å². The average Bonchev–Trinajstić information content (AvgIpc) is 3.33. The number of nitrogens with one attached hydrogen (secondary N) is 1. The second kappa shape index (κ2) is 10.6. The van der Waals surface area contributed by atoms with E-state index in [4.69, 9.17) is 0 Å². The summed E-state index contributed by atoms with van der Waals surface area (Å²) >= 11 is 0.742. The highest BCUT2D eigenvalue weighted by Crippen LogP contribution is 2.32. The number of imide groups is 1. The van der Waals surface area contributed by atoms with Crippen LogP contribution >= 0.6 is 11.8 Å². The number of halogens is 1. The molecule has 34 heavy (non-hydrogen) atoms. The minimum absolute atomic E-state index is 0.00338. The van der Waals surface area contributed by atoms with Gasteiger partial charge in [-0.2, -0.15) is 0 Å². The van der Waals surface area contributed by atoms with E-state index in [-0.39, 0.29) is 41.8 Å². The first-order valence-electron chi connectivity index (χ1n) is 11.0. The molecule has 7 nitrogen and oxygen atoms in total. The van der Waals surface area contributed by atoms with Crippen molar-refractivity contribution in [3.63, 3.8) is 0 Å². The lowest BCUT2D eigenvalue weighted by molar-refractivity contribution is -0.129. The summed E-state index contributed by atoms with van der Waals surface area (Å²) in [6.07, 6.45) is 2.22. The van der Waals surface area contributed by atoms with Crippen LogP contribution in [-0.4, -0.2) is 58.9 Å². The Balaban J connectivity index is 1.25. The van der Waals surface area contributed by atoms with E-state index < -0.39 is 22.9 Å². The molecule has 2 fully saturated rings. The standard InChI is InChI=1S/C25H24FN3O4S/c26-20-9-5-4-8-18(20)14-21-24(32)29(25(33)34-21)13-11-27-23(31)19-15-22(30)28(16-19)12-10-17-6-2-1-3-7-17/h1-9,14,19H,10-13,15-16H2,(H,27,31)/b21-14-. The smallest absolute Gasteiger partial charge is 0.293 e. The van der Waals surface area contributed by atoms with Gasteiger partial charge in [0.1, 0.15) is 5.82 Å². The van der Waals surface area contributed by atoms with Gasteiger partial charge in [0.25, 0.3) is 11.1 Å². The summed E-state index contributed by atoms with van der Waals surface area (Å²) in [5.74, 6) is -1.79. The van der Waals surface area contributed by atoms with Crippen molar-refractivity contribution >= 4 is 40.8 Å². The number of thioether (sulfide) groups is 1. The van der Waals surface area contributed by atoms with Crippen LogP contribution in [0.15, 0.2) is 59.5 Å². The van der Waals surface area contributed by atoms with E-state index in [1.54, 1.807) is 17.0 Å². The van der Waals surface area contributed by atoms with Gasteiger partial charge < -0.3 is 10.2 Å². The van der Waals surface area contributed by atoms with Crippen molar-refractivity contribution < 1.29 is 23.6 Å². The Morgan fingerprint density at radius 2 is 1.79 bits per heavy atom. The van der Waals surface area contributed by atoms with Gasteiger partial charge in [0.05, 0.1) is 10.8 Å². The maximum Gasteiger partial charge on any atom is 0.293 e. The van der Waals surface area contributed by atoms with E-state index in [9.17, 15) is 23.6 Å². The first-order chi connectivity index (χ1) is 16.4. The van der Waals surface area contributed by atoms with Crippen molar-refractivity contribution in [1.82, 2.24) is 15.1 Å². The normalized spacial score (nSPS) is 19.4. The summed E-state index contributed by atoms with van der Waals surface area (Å²) in [6.45, 7) is 0.990. The van der Waals surface area contributed by atoms with Gasteiger partial charge in [0.15, 0.2) is 0 Å². The van der Waals surface area contributed by atoms with Gasteiger partial charge in [-0.05, 0) is 35.9 Å². The van der Waals surface area contributed by atoms with E-state index in [2.05, 4.69) is 5.32 Å². The van der Waals surface area contributed by atoms with Crippen LogP contribution in [0.1, 0.15) is 17.5 Å². The highest BCUT2D eigenvalue weighted by molar-refractivity contribution is 8.18. The third kappa shape index (κ3) is 5.53. The van der Waals surface area contributed by atoms with Gasteiger partial charge >= 0.3 is 0 Å². The monoisotopic (exact) mass is 481 g/mol. The van der Waals surface area contributed by atoms with E-state index in [1.807, 2.05) is 30.3 Å². The number of nitrogens with zero attached hydrogens (tertiary/aromatic N) is 2. The molecule has 1 unspecified atom stereocenters. The predicted molar refractivity (Wildman–Crippen MR) is 127 cm³/mol. The average molecular weight is 482 g/mol. The van der Waals surface area contributed by atoms with Crippen LogP contribution in [0.25, 0.3) is 6.08 Å². The Morgan fingerprint density at radius 1 is 1.06 bits per heavy atom. The number of likely N-dealkylation sites (tertiary alicyclic amines) is 1. The molecule has 0 aromatic heterocycles. The molecule has 2 heterocycles. The van der Waals surface area contributed by atoms with E-state index in [0.29, 0.717) is 13.1 Å². The summed E-state index contributed by atoms with van der Waals surface area (Å²) in [5, 5.41) is 2.26. The van der Waals surface area contributed by atoms with Crippen molar-refractivity contribution in [2.45, 2.75) is 12.8 Å². The van der Waals surface area contributed by atoms with Crippen molar-refractivity contribution in [3.05, 3.63) is 76.4 Å². The second-order valence-electron chi connectivity index (χ2n) is 8.12. The number of amides is 4. The number of rotatable bonds is 8.